The Morgan fingerprint density at radius 2 is 1.75 bits per heavy atom. The Balaban J connectivity index is 1.29. The lowest BCUT2D eigenvalue weighted by Gasteiger charge is -2.07. The molecule has 0 aliphatic carbocycles. The molecule has 1 amide bonds. The molecule has 4 aromatic rings. The zero-order chi connectivity index (χ0) is 22.6. The molecular formula is C25H24N2O3S2. The van der Waals surface area contributed by atoms with E-state index < -0.39 is 9.84 Å². The third kappa shape index (κ3) is 5.81. The van der Waals surface area contributed by atoms with Crippen LogP contribution in [0.4, 0.5) is 5.69 Å². The Kier molecular flexibility index (Phi) is 6.67. The summed E-state index contributed by atoms with van der Waals surface area (Å²) in [5.74, 6) is -0.198. The maximum absolute atomic E-state index is 12.3. The molecule has 0 spiro atoms. The van der Waals surface area contributed by atoms with E-state index in [9.17, 15) is 13.2 Å². The highest BCUT2D eigenvalue weighted by Crippen LogP contribution is 2.31. The number of hydrogen-bond acceptors (Lipinski definition) is 5. The third-order valence-electron chi connectivity index (χ3n) is 5.05. The molecule has 0 aliphatic rings. The van der Waals surface area contributed by atoms with Gasteiger partial charge in [0.15, 0.2) is 9.84 Å². The number of aryl methyl sites for hydroxylation is 1. The van der Waals surface area contributed by atoms with Crippen molar-refractivity contribution < 1.29 is 13.2 Å². The Morgan fingerprint density at radius 3 is 2.50 bits per heavy atom. The number of hydrogen-bond donors (Lipinski definition) is 1. The lowest BCUT2D eigenvalue weighted by atomic mass is 10.2. The maximum atomic E-state index is 12.3. The van der Waals surface area contributed by atoms with Gasteiger partial charge < -0.3 is 5.32 Å². The van der Waals surface area contributed by atoms with E-state index in [1.165, 1.54) is 5.56 Å². The number of benzene rings is 3. The molecule has 3 aromatic carbocycles. The van der Waals surface area contributed by atoms with Gasteiger partial charge in [-0.05, 0) is 60.9 Å². The van der Waals surface area contributed by atoms with Crippen molar-refractivity contribution in [1.82, 2.24) is 4.98 Å². The van der Waals surface area contributed by atoms with E-state index >= 15 is 0 Å². The van der Waals surface area contributed by atoms with Gasteiger partial charge in [-0.2, -0.15) is 0 Å². The van der Waals surface area contributed by atoms with E-state index in [-0.39, 0.29) is 23.8 Å². The van der Waals surface area contributed by atoms with E-state index in [2.05, 4.69) is 29.4 Å². The molecule has 4 rings (SSSR count). The van der Waals surface area contributed by atoms with Gasteiger partial charge in [-0.1, -0.05) is 36.4 Å². The fourth-order valence-electron chi connectivity index (χ4n) is 3.43. The number of nitrogens with zero attached hydrogens (tertiary/aromatic N) is 1. The van der Waals surface area contributed by atoms with Gasteiger partial charge in [0.25, 0.3) is 0 Å². The second kappa shape index (κ2) is 9.63. The molecule has 32 heavy (non-hydrogen) atoms. The molecular weight excluding hydrogens is 440 g/mol. The maximum Gasteiger partial charge on any atom is 0.224 e. The van der Waals surface area contributed by atoms with Crippen LogP contribution >= 0.6 is 11.3 Å². The number of anilines is 1. The molecule has 0 unspecified atom stereocenters. The Hall–Kier alpha value is -3.03. The quantitative estimate of drug-likeness (QED) is 0.368. The highest BCUT2D eigenvalue weighted by Gasteiger charge is 2.13. The first kappa shape index (κ1) is 22.2. The fourth-order valence-corrected chi connectivity index (χ4v) is 5.93. The fraction of sp³-hybridized carbons (Fsp3) is 0.200. The number of fused-ring (bicyclic) bond motifs is 1. The monoisotopic (exact) mass is 464 g/mol. The average molecular weight is 465 g/mol. The first-order valence-corrected chi connectivity index (χ1v) is 13.0. The lowest BCUT2D eigenvalue weighted by Crippen LogP contribution is -2.15. The first-order valence-electron chi connectivity index (χ1n) is 10.4. The van der Waals surface area contributed by atoms with Crippen molar-refractivity contribution in [2.45, 2.75) is 25.5 Å². The SMILES string of the molecule is Cc1ccc2nc(-c3ccc(NC(=O)CCCS(=O)(=O)Cc4ccccc4)cc3)sc2c1. The van der Waals surface area contributed by atoms with Crippen LogP contribution in [-0.4, -0.2) is 25.1 Å². The van der Waals surface area contributed by atoms with Crippen LogP contribution in [0.5, 0.6) is 0 Å². The number of carbonyl (C=O) groups excluding carboxylic acids is 1. The van der Waals surface area contributed by atoms with Crippen LogP contribution in [0.2, 0.25) is 0 Å². The summed E-state index contributed by atoms with van der Waals surface area (Å²) in [5, 5.41) is 3.78. The number of nitrogens with one attached hydrogen (secondary N) is 1. The van der Waals surface area contributed by atoms with Gasteiger partial charge in [0.1, 0.15) is 5.01 Å². The van der Waals surface area contributed by atoms with Crippen LogP contribution in [0.25, 0.3) is 20.8 Å². The standard InChI is InChI=1S/C25H24N2O3S2/c1-18-9-14-22-23(16-18)31-25(27-22)20-10-12-21(13-11-20)26-24(28)8-5-15-32(29,30)17-19-6-3-2-4-7-19/h2-4,6-7,9-14,16H,5,8,15,17H2,1H3,(H,26,28). The summed E-state index contributed by atoms with van der Waals surface area (Å²) in [7, 11) is -3.24. The van der Waals surface area contributed by atoms with Gasteiger partial charge in [-0.25, -0.2) is 13.4 Å². The Labute approximate surface area is 192 Å². The summed E-state index contributed by atoms with van der Waals surface area (Å²) < 4.78 is 25.7. The largest absolute Gasteiger partial charge is 0.326 e. The van der Waals surface area contributed by atoms with Crippen molar-refractivity contribution in [3.8, 4) is 10.6 Å². The summed E-state index contributed by atoms with van der Waals surface area (Å²) in [6, 6.07) is 22.9. The first-order chi connectivity index (χ1) is 15.4. The van der Waals surface area contributed by atoms with Crippen molar-refractivity contribution in [3.63, 3.8) is 0 Å². The molecule has 1 N–H and O–H groups in total. The van der Waals surface area contributed by atoms with E-state index in [0.29, 0.717) is 12.1 Å². The number of carbonyl (C=O) groups is 1. The van der Waals surface area contributed by atoms with E-state index in [0.717, 1.165) is 26.4 Å². The van der Waals surface area contributed by atoms with E-state index in [1.54, 1.807) is 23.5 Å². The van der Waals surface area contributed by atoms with E-state index in [4.69, 9.17) is 0 Å². The molecule has 0 atom stereocenters. The molecule has 1 heterocycles. The van der Waals surface area contributed by atoms with Crippen molar-refractivity contribution >= 4 is 43.0 Å². The number of thiazole rings is 1. The smallest absolute Gasteiger partial charge is 0.224 e. The van der Waals surface area contributed by atoms with Crippen molar-refractivity contribution in [2.24, 2.45) is 0 Å². The zero-order valence-corrected chi connectivity index (χ0v) is 19.4. The normalized spacial score (nSPS) is 11.5. The molecule has 7 heteroatoms. The highest BCUT2D eigenvalue weighted by molar-refractivity contribution is 7.90. The van der Waals surface area contributed by atoms with Crippen LogP contribution in [-0.2, 0) is 20.4 Å². The summed E-state index contributed by atoms with van der Waals surface area (Å²) in [6.07, 6.45) is 0.456. The van der Waals surface area contributed by atoms with Crippen LogP contribution < -0.4 is 5.32 Å². The molecule has 0 aliphatic heterocycles. The van der Waals surface area contributed by atoms with Crippen molar-refractivity contribution in [1.29, 1.82) is 0 Å². The van der Waals surface area contributed by atoms with Crippen LogP contribution in [0.1, 0.15) is 24.0 Å². The number of aromatic nitrogens is 1. The van der Waals surface area contributed by atoms with Gasteiger partial charge in [0.05, 0.1) is 21.7 Å². The summed E-state index contributed by atoms with van der Waals surface area (Å²) in [6.45, 7) is 2.06. The topological polar surface area (TPSA) is 76.1 Å². The summed E-state index contributed by atoms with van der Waals surface area (Å²) in [5.41, 5.74) is 4.63. The number of rotatable bonds is 8. The molecule has 5 nitrogen and oxygen atoms in total. The van der Waals surface area contributed by atoms with Crippen molar-refractivity contribution in [2.75, 3.05) is 11.1 Å². The van der Waals surface area contributed by atoms with Crippen molar-refractivity contribution in [3.05, 3.63) is 83.9 Å². The third-order valence-corrected chi connectivity index (χ3v) is 7.80. The average Bonchev–Trinajstić information content (AvgIpc) is 3.17. The second-order valence-corrected chi connectivity index (χ2v) is 11.0. The summed E-state index contributed by atoms with van der Waals surface area (Å²) >= 11 is 1.64. The minimum absolute atomic E-state index is 0.00224. The minimum Gasteiger partial charge on any atom is -0.326 e. The zero-order valence-electron chi connectivity index (χ0n) is 17.7. The second-order valence-electron chi connectivity index (χ2n) is 7.80. The molecule has 164 valence electrons. The predicted molar refractivity (Wildman–Crippen MR) is 132 cm³/mol. The summed E-state index contributed by atoms with van der Waals surface area (Å²) in [4.78, 5) is 16.9. The van der Waals surface area contributed by atoms with Gasteiger partial charge >= 0.3 is 0 Å². The van der Waals surface area contributed by atoms with Crippen LogP contribution in [0, 0.1) is 6.92 Å². The predicted octanol–water partition coefficient (Wildman–Crippen LogP) is 5.61. The molecule has 0 saturated carbocycles. The lowest BCUT2D eigenvalue weighted by molar-refractivity contribution is -0.116. The Morgan fingerprint density at radius 1 is 1.00 bits per heavy atom. The molecule has 0 saturated heterocycles. The van der Waals surface area contributed by atoms with Crippen LogP contribution in [0.3, 0.4) is 0 Å². The van der Waals surface area contributed by atoms with Crippen LogP contribution in [0.15, 0.2) is 72.8 Å². The van der Waals surface area contributed by atoms with E-state index in [1.807, 2.05) is 48.5 Å². The molecule has 1 aromatic heterocycles. The van der Waals surface area contributed by atoms with Gasteiger partial charge in [-0.3, -0.25) is 4.79 Å². The molecule has 0 bridgehead atoms. The molecule has 0 radical (unpaired) electrons. The number of sulfone groups is 1. The highest BCUT2D eigenvalue weighted by atomic mass is 32.2. The van der Waals surface area contributed by atoms with Gasteiger partial charge in [-0.15, -0.1) is 11.3 Å². The minimum atomic E-state index is -3.24. The Bertz CT molecular complexity index is 1330. The van der Waals surface area contributed by atoms with Gasteiger partial charge in [0.2, 0.25) is 5.91 Å². The van der Waals surface area contributed by atoms with Gasteiger partial charge in [0, 0.05) is 17.7 Å². The number of amides is 1. The molecule has 0 fully saturated rings.